The van der Waals surface area contributed by atoms with Gasteiger partial charge in [-0.1, -0.05) is 32.0 Å². The maximum absolute atomic E-state index is 2.54. The molecule has 0 aliphatic carbocycles. The van der Waals surface area contributed by atoms with E-state index in [4.69, 9.17) is 0 Å². The van der Waals surface area contributed by atoms with Crippen LogP contribution < -0.4 is 0 Å². The fraction of sp³-hybridized carbons (Fsp3) is 0.600. The van der Waals surface area contributed by atoms with E-state index in [1.807, 2.05) is 13.8 Å². The molecule has 0 radical (unpaired) electrons. The van der Waals surface area contributed by atoms with Gasteiger partial charge in [0.05, 0.1) is 0 Å². The standard InChI is InChI=1S/C13H19N.C2H6/c1-10(2)14-8-7-13-11(3)5-4-6-12(13)9-14;1-2/h4-6,10H,7-9H2,1-3H3;1-2H3. The minimum atomic E-state index is 0.670. The van der Waals surface area contributed by atoms with Gasteiger partial charge in [-0.3, -0.25) is 4.90 Å². The highest BCUT2D eigenvalue weighted by Gasteiger charge is 2.18. The molecule has 0 saturated heterocycles. The molecule has 0 N–H and O–H groups in total. The first-order valence-corrected chi connectivity index (χ1v) is 6.50. The van der Waals surface area contributed by atoms with Crippen molar-refractivity contribution in [2.45, 2.75) is 53.6 Å². The molecule has 2 rings (SSSR count). The number of aryl methyl sites for hydroxylation is 1. The highest BCUT2D eigenvalue weighted by molar-refractivity contribution is 5.36. The van der Waals surface area contributed by atoms with E-state index < -0.39 is 0 Å². The van der Waals surface area contributed by atoms with Crippen LogP contribution in [0, 0.1) is 6.92 Å². The smallest absolute Gasteiger partial charge is 0.0239 e. The molecule has 0 spiro atoms. The number of hydrogen-bond acceptors (Lipinski definition) is 1. The van der Waals surface area contributed by atoms with Crippen molar-refractivity contribution in [2.24, 2.45) is 0 Å². The number of nitrogens with zero attached hydrogens (tertiary/aromatic N) is 1. The van der Waals surface area contributed by atoms with Gasteiger partial charge in [-0.15, -0.1) is 0 Å². The van der Waals surface area contributed by atoms with Crippen molar-refractivity contribution < 1.29 is 0 Å². The van der Waals surface area contributed by atoms with Gasteiger partial charge in [0.25, 0.3) is 0 Å². The Balaban J connectivity index is 0.000000606. The highest BCUT2D eigenvalue weighted by Crippen LogP contribution is 2.22. The quantitative estimate of drug-likeness (QED) is 0.694. The summed E-state index contributed by atoms with van der Waals surface area (Å²) in [6.07, 6.45) is 1.22. The van der Waals surface area contributed by atoms with Crippen LogP contribution in [0.1, 0.15) is 44.4 Å². The summed E-state index contributed by atoms with van der Waals surface area (Å²) in [6, 6.07) is 7.35. The average Bonchev–Trinajstić information content (AvgIpc) is 2.31. The molecule has 90 valence electrons. The monoisotopic (exact) mass is 219 g/mol. The summed E-state index contributed by atoms with van der Waals surface area (Å²) < 4.78 is 0. The minimum absolute atomic E-state index is 0.670. The third-order valence-corrected chi connectivity index (χ3v) is 3.26. The molecular weight excluding hydrogens is 194 g/mol. The maximum Gasteiger partial charge on any atom is 0.0239 e. The summed E-state index contributed by atoms with van der Waals surface area (Å²) >= 11 is 0. The lowest BCUT2D eigenvalue weighted by atomic mass is 9.95. The molecule has 0 atom stereocenters. The topological polar surface area (TPSA) is 3.24 Å². The fourth-order valence-corrected chi connectivity index (χ4v) is 2.26. The highest BCUT2D eigenvalue weighted by atomic mass is 15.1. The summed E-state index contributed by atoms with van der Waals surface area (Å²) in [4.78, 5) is 2.54. The van der Waals surface area contributed by atoms with Crippen LogP contribution in [0.5, 0.6) is 0 Å². The molecule has 1 aliphatic heterocycles. The maximum atomic E-state index is 2.54. The van der Waals surface area contributed by atoms with Gasteiger partial charge < -0.3 is 0 Å². The molecule has 0 saturated carbocycles. The summed E-state index contributed by atoms with van der Waals surface area (Å²) in [5, 5.41) is 0. The second-order valence-corrected chi connectivity index (χ2v) is 4.53. The number of rotatable bonds is 1. The molecule has 0 unspecified atom stereocenters. The predicted molar refractivity (Wildman–Crippen MR) is 71.8 cm³/mol. The zero-order valence-corrected chi connectivity index (χ0v) is 11.4. The Bertz CT molecular complexity index is 328. The molecule has 1 aromatic rings. The van der Waals surface area contributed by atoms with E-state index in [2.05, 4.69) is 43.9 Å². The normalized spacial score (nSPS) is 15.4. The fourth-order valence-electron chi connectivity index (χ4n) is 2.26. The Morgan fingerprint density at radius 3 is 2.50 bits per heavy atom. The van der Waals surface area contributed by atoms with Gasteiger partial charge >= 0.3 is 0 Å². The summed E-state index contributed by atoms with van der Waals surface area (Å²) in [6.45, 7) is 13.1. The molecule has 1 aliphatic rings. The third-order valence-electron chi connectivity index (χ3n) is 3.26. The first-order valence-electron chi connectivity index (χ1n) is 6.50. The van der Waals surface area contributed by atoms with E-state index in [1.54, 1.807) is 5.56 Å². The molecular formula is C15H25N. The van der Waals surface area contributed by atoms with Gasteiger partial charge in [0.2, 0.25) is 0 Å². The lowest BCUT2D eigenvalue weighted by Gasteiger charge is -2.32. The Hall–Kier alpha value is -0.820. The van der Waals surface area contributed by atoms with Gasteiger partial charge in [-0.2, -0.15) is 0 Å². The van der Waals surface area contributed by atoms with Crippen LogP contribution in [0.4, 0.5) is 0 Å². The summed E-state index contributed by atoms with van der Waals surface area (Å²) in [5.41, 5.74) is 4.58. The lowest BCUT2D eigenvalue weighted by molar-refractivity contribution is 0.203. The van der Waals surface area contributed by atoms with Gasteiger partial charge in [0.1, 0.15) is 0 Å². The van der Waals surface area contributed by atoms with Crippen molar-refractivity contribution in [3.63, 3.8) is 0 Å². The first-order chi connectivity index (χ1) is 7.68. The van der Waals surface area contributed by atoms with Crippen LogP contribution in [0.2, 0.25) is 0 Å². The van der Waals surface area contributed by atoms with Crippen molar-refractivity contribution in [1.82, 2.24) is 4.90 Å². The van der Waals surface area contributed by atoms with Crippen LogP contribution in [0.15, 0.2) is 18.2 Å². The van der Waals surface area contributed by atoms with Gasteiger partial charge in [-0.25, -0.2) is 0 Å². The number of hydrogen-bond donors (Lipinski definition) is 0. The molecule has 0 bridgehead atoms. The molecule has 1 heterocycles. The average molecular weight is 219 g/mol. The molecule has 1 aromatic carbocycles. The largest absolute Gasteiger partial charge is 0.296 e. The zero-order chi connectivity index (χ0) is 12.1. The van der Waals surface area contributed by atoms with E-state index in [0.717, 1.165) is 6.54 Å². The van der Waals surface area contributed by atoms with E-state index in [1.165, 1.54) is 24.1 Å². The molecule has 1 heteroatoms. The number of fused-ring (bicyclic) bond motifs is 1. The van der Waals surface area contributed by atoms with Crippen molar-refractivity contribution in [2.75, 3.05) is 6.54 Å². The van der Waals surface area contributed by atoms with E-state index >= 15 is 0 Å². The van der Waals surface area contributed by atoms with Crippen molar-refractivity contribution in [3.05, 3.63) is 34.9 Å². The van der Waals surface area contributed by atoms with Gasteiger partial charge in [0.15, 0.2) is 0 Å². The lowest BCUT2D eigenvalue weighted by Crippen LogP contribution is -2.36. The molecule has 0 aromatic heterocycles. The Labute approximate surface area is 100 Å². The van der Waals surface area contributed by atoms with Crippen molar-refractivity contribution in [1.29, 1.82) is 0 Å². The third kappa shape index (κ3) is 2.85. The van der Waals surface area contributed by atoms with Gasteiger partial charge in [0, 0.05) is 19.1 Å². The Morgan fingerprint density at radius 2 is 1.88 bits per heavy atom. The van der Waals surface area contributed by atoms with Crippen molar-refractivity contribution in [3.8, 4) is 0 Å². The SMILES string of the molecule is CC.Cc1cccc2c1CCN(C(C)C)C2. The van der Waals surface area contributed by atoms with Crippen molar-refractivity contribution >= 4 is 0 Å². The Morgan fingerprint density at radius 1 is 1.19 bits per heavy atom. The van der Waals surface area contributed by atoms with Crippen LogP contribution in [0.25, 0.3) is 0 Å². The van der Waals surface area contributed by atoms with Gasteiger partial charge in [-0.05, 0) is 43.9 Å². The van der Waals surface area contributed by atoms with E-state index in [-0.39, 0.29) is 0 Å². The summed E-state index contributed by atoms with van der Waals surface area (Å²) in [7, 11) is 0. The molecule has 16 heavy (non-hydrogen) atoms. The molecule has 0 fully saturated rings. The Kier molecular flexibility index (Phi) is 5.01. The van der Waals surface area contributed by atoms with E-state index in [9.17, 15) is 0 Å². The van der Waals surface area contributed by atoms with Crippen LogP contribution in [-0.4, -0.2) is 17.5 Å². The molecule has 1 nitrogen and oxygen atoms in total. The second kappa shape index (κ2) is 6.05. The van der Waals surface area contributed by atoms with Crippen LogP contribution in [-0.2, 0) is 13.0 Å². The predicted octanol–water partition coefficient (Wildman–Crippen LogP) is 3.79. The van der Waals surface area contributed by atoms with Crippen LogP contribution in [0.3, 0.4) is 0 Å². The second-order valence-electron chi connectivity index (χ2n) is 4.53. The summed E-state index contributed by atoms with van der Waals surface area (Å²) in [5.74, 6) is 0. The van der Waals surface area contributed by atoms with E-state index in [0.29, 0.717) is 6.04 Å². The van der Waals surface area contributed by atoms with Crippen LogP contribution >= 0.6 is 0 Å². The number of benzene rings is 1. The molecule has 0 amide bonds. The first kappa shape index (κ1) is 13.2. The zero-order valence-electron chi connectivity index (χ0n) is 11.4. The minimum Gasteiger partial charge on any atom is -0.296 e.